The Morgan fingerprint density at radius 3 is 2.60 bits per heavy atom. The van der Waals surface area contributed by atoms with E-state index in [1.54, 1.807) is 13.0 Å². The van der Waals surface area contributed by atoms with Crippen molar-refractivity contribution in [2.75, 3.05) is 19.7 Å². The number of hydrogen-bond acceptors (Lipinski definition) is 3. The molecule has 0 bridgehead atoms. The fourth-order valence-electron chi connectivity index (χ4n) is 1.61. The van der Waals surface area contributed by atoms with Gasteiger partial charge in [0.1, 0.15) is 0 Å². The summed E-state index contributed by atoms with van der Waals surface area (Å²) in [4.78, 5) is 24.1. The van der Waals surface area contributed by atoms with E-state index in [2.05, 4.69) is 0 Å². The van der Waals surface area contributed by atoms with Crippen molar-refractivity contribution in [3.63, 3.8) is 0 Å². The molecule has 0 aliphatic rings. The summed E-state index contributed by atoms with van der Waals surface area (Å²) in [5, 5.41) is 8.83. The molecule has 6 heteroatoms. The normalized spacial score (nSPS) is 11.8. The van der Waals surface area contributed by atoms with Crippen molar-refractivity contribution >= 4 is 11.9 Å². The van der Waals surface area contributed by atoms with E-state index < -0.39 is 17.7 Å². The third-order valence-electron chi connectivity index (χ3n) is 2.84. The van der Waals surface area contributed by atoms with E-state index in [1.165, 1.54) is 30.0 Å². The SMILES string of the molecule is CCN(CC(C)C(=O)O)C(=O)COc1ccccc1F. The van der Waals surface area contributed by atoms with E-state index in [9.17, 15) is 14.0 Å². The summed E-state index contributed by atoms with van der Waals surface area (Å²) in [6.07, 6.45) is 0. The number of carbonyl (C=O) groups is 2. The number of hydrogen-bond donors (Lipinski definition) is 1. The van der Waals surface area contributed by atoms with Gasteiger partial charge in [-0.2, -0.15) is 0 Å². The Labute approximate surface area is 117 Å². The van der Waals surface area contributed by atoms with Crippen LogP contribution in [-0.4, -0.2) is 41.6 Å². The van der Waals surface area contributed by atoms with Gasteiger partial charge >= 0.3 is 5.97 Å². The molecule has 110 valence electrons. The molecule has 0 spiro atoms. The minimum atomic E-state index is -0.966. The number of para-hydroxylation sites is 1. The number of carboxylic acid groups (broad SMARTS) is 1. The molecule has 1 unspecified atom stereocenters. The second-order valence-corrected chi connectivity index (χ2v) is 4.39. The highest BCUT2D eigenvalue weighted by Gasteiger charge is 2.19. The summed E-state index contributed by atoms with van der Waals surface area (Å²) in [6, 6.07) is 5.80. The van der Waals surface area contributed by atoms with Crippen molar-refractivity contribution in [3.8, 4) is 5.75 Å². The fraction of sp³-hybridized carbons (Fsp3) is 0.429. The minimum absolute atomic E-state index is 0.00295. The zero-order valence-corrected chi connectivity index (χ0v) is 11.5. The van der Waals surface area contributed by atoms with Gasteiger partial charge in [0.25, 0.3) is 5.91 Å². The molecule has 0 radical (unpaired) electrons. The molecule has 0 saturated heterocycles. The van der Waals surface area contributed by atoms with Crippen LogP contribution in [0.25, 0.3) is 0 Å². The van der Waals surface area contributed by atoms with Gasteiger partial charge in [0, 0.05) is 13.1 Å². The molecule has 1 aromatic carbocycles. The van der Waals surface area contributed by atoms with Crippen molar-refractivity contribution in [2.24, 2.45) is 5.92 Å². The lowest BCUT2D eigenvalue weighted by Crippen LogP contribution is -2.39. The molecule has 0 aliphatic heterocycles. The van der Waals surface area contributed by atoms with E-state index in [0.29, 0.717) is 6.54 Å². The molecule has 0 saturated carbocycles. The Morgan fingerprint density at radius 1 is 1.40 bits per heavy atom. The van der Waals surface area contributed by atoms with Gasteiger partial charge in [-0.15, -0.1) is 0 Å². The van der Waals surface area contributed by atoms with Gasteiger partial charge in [-0.25, -0.2) is 4.39 Å². The zero-order chi connectivity index (χ0) is 15.1. The topological polar surface area (TPSA) is 66.8 Å². The number of benzene rings is 1. The van der Waals surface area contributed by atoms with Crippen LogP contribution in [0, 0.1) is 11.7 Å². The lowest BCUT2D eigenvalue weighted by atomic mass is 10.1. The Balaban J connectivity index is 2.56. The van der Waals surface area contributed by atoms with Crippen LogP contribution in [-0.2, 0) is 9.59 Å². The smallest absolute Gasteiger partial charge is 0.308 e. The average molecular weight is 283 g/mol. The summed E-state index contributed by atoms with van der Waals surface area (Å²) in [5.74, 6) is -2.53. The largest absolute Gasteiger partial charge is 0.481 e. The highest BCUT2D eigenvalue weighted by molar-refractivity contribution is 5.78. The molecule has 5 nitrogen and oxygen atoms in total. The molecule has 1 N–H and O–H groups in total. The van der Waals surface area contributed by atoms with Crippen LogP contribution < -0.4 is 4.74 Å². The third-order valence-corrected chi connectivity index (χ3v) is 2.84. The van der Waals surface area contributed by atoms with Crippen molar-refractivity contribution < 1.29 is 23.8 Å². The molecule has 0 aromatic heterocycles. The molecule has 0 fully saturated rings. The summed E-state index contributed by atoms with van der Waals surface area (Å²) in [7, 11) is 0. The summed E-state index contributed by atoms with van der Waals surface area (Å²) >= 11 is 0. The first-order valence-corrected chi connectivity index (χ1v) is 6.33. The Morgan fingerprint density at radius 2 is 2.05 bits per heavy atom. The standard InChI is InChI=1S/C14H18FNO4/c1-3-16(8-10(2)14(18)19)13(17)9-20-12-7-5-4-6-11(12)15/h4-7,10H,3,8-9H2,1-2H3,(H,18,19). The number of nitrogens with zero attached hydrogens (tertiary/aromatic N) is 1. The van der Waals surface area contributed by atoms with E-state index in [0.717, 1.165) is 0 Å². The molecule has 1 aromatic rings. The number of halogens is 1. The second-order valence-electron chi connectivity index (χ2n) is 4.39. The van der Waals surface area contributed by atoms with Gasteiger partial charge in [-0.05, 0) is 19.1 Å². The first-order chi connectivity index (χ1) is 9.45. The molecule has 0 heterocycles. The maximum atomic E-state index is 13.3. The lowest BCUT2D eigenvalue weighted by Gasteiger charge is -2.22. The number of aliphatic carboxylic acids is 1. The van der Waals surface area contributed by atoms with Crippen LogP contribution in [0.4, 0.5) is 4.39 Å². The monoisotopic (exact) mass is 283 g/mol. The Hall–Kier alpha value is -2.11. The van der Waals surface area contributed by atoms with Crippen molar-refractivity contribution in [3.05, 3.63) is 30.1 Å². The highest BCUT2D eigenvalue weighted by atomic mass is 19.1. The third kappa shape index (κ3) is 4.53. The summed E-state index contributed by atoms with van der Waals surface area (Å²) in [6.45, 7) is 3.43. The van der Waals surface area contributed by atoms with Gasteiger partial charge in [0.05, 0.1) is 5.92 Å². The van der Waals surface area contributed by atoms with Gasteiger partial charge in [0.2, 0.25) is 0 Å². The quantitative estimate of drug-likeness (QED) is 0.828. The molecule has 1 atom stereocenters. The van der Waals surface area contributed by atoms with Crippen molar-refractivity contribution in [1.82, 2.24) is 4.90 Å². The maximum Gasteiger partial charge on any atom is 0.308 e. The van der Waals surface area contributed by atoms with Crippen LogP contribution in [0.2, 0.25) is 0 Å². The van der Waals surface area contributed by atoms with Crippen LogP contribution in [0.1, 0.15) is 13.8 Å². The van der Waals surface area contributed by atoms with Gasteiger partial charge in [0.15, 0.2) is 18.2 Å². The van der Waals surface area contributed by atoms with Gasteiger partial charge < -0.3 is 14.7 Å². The van der Waals surface area contributed by atoms with Crippen LogP contribution >= 0.6 is 0 Å². The second kappa shape index (κ2) is 7.47. The highest BCUT2D eigenvalue weighted by Crippen LogP contribution is 2.15. The van der Waals surface area contributed by atoms with Crippen molar-refractivity contribution in [2.45, 2.75) is 13.8 Å². The summed E-state index contributed by atoms with van der Waals surface area (Å²) in [5.41, 5.74) is 0. The Bertz CT molecular complexity index is 478. The van der Waals surface area contributed by atoms with Gasteiger partial charge in [-0.1, -0.05) is 19.1 Å². The predicted molar refractivity (Wildman–Crippen MR) is 70.9 cm³/mol. The summed E-state index contributed by atoms with van der Waals surface area (Å²) < 4.78 is 18.4. The van der Waals surface area contributed by atoms with E-state index in [1.807, 2.05) is 0 Å². The molecule has 1 amide bonds. The van der Waals surface area contributed by atoms with Crippen LogP contribution in [0.5, 0.6) is 5.75 Å². The fourth-order valence-corrected chi connectivity index (χ4v) is 1.61. The number of amides is 1. The molecular formula is C14H18FNO4. The number of carbonyl (C=O) groups excluding carboxylic acids is 1. The van der Waals surface area contributed by atoms with E-state index in [-0.39, 0.29) is 24.8 Å². The van der Waals surface area contributed by atoms with Crippen LogP contribution in [0.15, 0.2) is 24.3 Å². The number of rotatable bonds is 7. The first kappa shape index (κ1) is 15.9. The molecule has 20 heavy (non-hydrogen) atoms. The average Bonchev–Trinajstić information content (AvgIpc) is 2.43. The minimum Gasteiger partial charge on any atom is -0.481 e. The molecular weight excluding hydrogens is 265 g/mol. The first-order valence-electron chi connectivity index (χ1n) is 6.33. The maximum absolute atomic E-state index is 13.3. The number of ether oxygens (including phenoxy) is 1. The predicted octanol–water partition coefficient (Wildman–Crippen LogP) is 1.77. The number of carboxylic acids is 1. The lowest BCUT2D eigenvalue weighted by molar-refractivity contribution is -0.143. The van der Waals surface area contributed by atoms with E-state index in [4.69, 9.17) is 9.84 Å². The Kier molecular flexibility index (Phi) is 5.96. The van der Waals surface area contributed by atoms with Crippen LogP contribution in [0.3, 0.4) is 0 Å². The van der Waals surface area contributed by atoms with Crippen molar-refractivity contribution in [1.29, 1.82) is 0 Å². The van der Waals surface area contributed by atoms with E-state index >= 15 is 0 Å². The number of likely N-dealkylation sites (N-methyl/N-ethyl adjacent to an activating group) is 1. The molecule has 0 aliphatic carbocycles. The zero-order valence-electron chi connectivity index (χ0n) is 11.5. The van der Waals surface area contributed by atoms with Gasteiger partial charge in [-0.3, -0.25) is 9.59 Å². The molecule has 1 rings (SSSR count).